The molecule has 2 amide bonds. The second kappa shape index (κ2) is 7.09. The zero-order valence-electron chi connectivity index (χ0n) is 13.6. The molecule has 25 heavy (non-hydrogen) atoms. The topological polar surface area (TPSA) is 82.0 Å². The van der Waals surface area contributed by atoms with Gasteiger partial charge in [0.1, 0.15) is 17.0 Å². The molecule has 0 atom stereocenters. The minimum absolute atomic E-state index is 0.223. The van der Waals surface area contributed by atoms with Gasteiger partial charge in [0.2, 0.25) is 11.8 Å². The lowest BCUT2D eigenvalue weighted by molar-refractivity contribution is -0.135. The van der Waals surface area contributed by atoms with Gasteiger partial charge in [0, 0.05) is 11.8 Å². The van der Waals surface area contributed by atoms with Gasteiger partial charge in [-0.25, -0.2) is 8.78 Å². The third-order valence-electron chi connectivity index (χ3n) is 3.56. The van der Waals surface area contributed by atoms with Crippen LogP contribution in [-0.2, 0) is 9.59 Å². The SMILES string of the molecule is CC(C)(C(=O)Nc1cccc(C#N)c1)C(=O)Nc1ccc(F)cc1F. The molecular formula is C18H15F2N3O2. The molecule has 0 saturated carbocycles. The first-order chi connectivity index (χ1) is 11.7. The quantitative estimate of drug-likeness (QED) is 0.834. The van der Waals surface area contributed by atoms with E-state index in [1.165, 1.54) is 19.9 Å². The monoisotopic (exact) mass is 343 g/mol. The number of nitrogens with zero attached hydrogens (tertiary/aromatic N) is 1. The van der Waals surface area contributed by atoms with Crippen molar-refractivity contribution in [2.24, 2.45) is 5.41 Å². The van der Waals surface area contributed by atoms with E-state index in [9.17, 15) is 18.4 Å². The highest BCUT2D eigenvalue weighted by atomic mass is 19.1. The standard InChI is InChI=1S/C18H15F2N3O2/c1-18(2,16(24)22-13-5-3-4-11(8-13)10-21)17(25)23-15-7-6-12(19)9-14(15)20/h3-9H,1-2H3,(H,22,24)(H,23,25). The Balaban J connectivity index is 2.14. The number of anilines is 2. The molecule has 0 heterocycles. The van der Waals surface area contributed by atoms with Crippen LogP contribution < -0.4 is 10.6 Å². The fourth-order valence-corrected chi connectivity index (χ4v) is 1.93. The lowest BCUT2D eigenvalue weighted by Crippen LogP contribution is -2.41. The summed E-state index contributed by atoms with van der Waals surface area (Å²) in [5, 5.41) is 13.7. The Bertz CT molecular complexity index is 873. The van der Waals surface area contributed by atoms with Crippen molar-refractivity contribution < 1.29 is 18.4 Å². The van der Waals surface area contributed by atoms with E-state index in [0.29, 0.717) is 17.3 Å². The Morgan fingerprint density at radius 2 is 1.72 bits per heavy atom. The molecule has 0 fully saturated rings. The van der Waals surface area contributed by atoms with E-state index in [4.69, 9.17) is 5.26 Å². The molecule has 7 heteroatoms. The molecule has 2 rings (SSSR count). The Morgan fingerprint density at radius 3 is 2.36 bits per heavy atom. The predicted octanol–water partition coefficient (Wildman–Crippen LogP) is 3.44. The molecule has 0 unspecified atom stereocenters. The molecular weight excluding hydrogens is 328 g/mol. The number of nitriles is 1. The van der Waals surface area contributed by atoms with Crippen molar-refractivity contribution >= 4 is 23.2 Å². The summed E-state index contributed by atoms with van der Waals surface area (Å²) in [5.41, 5.74) is -1.05. The first-order valence-corrected chi connectivity index (χ1v) is 7.32. The van der Waals surface area contributed by atoms with Gasteiger partial charge in [-0.1, -0.05) is 6.07 Å². The fourth-order valence-electron chi connectivity index (χ4n) is 1.93. The average Bonchev–Trinajstić information content (AvgIpc) is 2.57. The number of carbonyl (C=O) groups excluding carboxylic acids is 2. The number of benzene rings is 2. The molecule has 0 saturated heterocycles. The summed E-state index contributed by atoms with van der Waals surface area (Å²) < 4.78 is 26.6. The number of hydrogen-bond donors (Lipinski definition) is 2. The largest absolute Gasteiger partial charge is 0.325 e. The first kappa shape index (κ1) is 18.1. The molecule has 2 aromatic carbocycles. The van der Waals surface area contributed by atoms with Gasteiger partial charge < -0.3 is 10.6 Å². The fraction of sp³-hybridized carbons (Fsp3) is 0.167. The lowest BCUT2D eigenvalue weighted by Gasteiger charge is -2.23. The molecule has 5 nitrogen and oxygen atoms in total. The van der Waals surface area contributed by atoms with E-state index in [-0.39, 0.29) is 5.69 Å². The van der Waals surface area contributed by atoms with Gasteiger partial charge >= 0.3 is 0 Å². The van der Waals surface area contributed by atoms with Crippen LogP contribution in [0.2, 0.25) is 0 Å². The Morgan fingerprint density at radius 1 is 1.04 bits per heavy atom. The van der Waals surface area contributed by atoms with Gasteiger partial charge in [0.25, 0.3) is 0 Å². The highest BCUT2D eigenvalue weighted by molar-refractivity contribution is 6.14. The highest BCUT2D eigenvalue weighted by Crippen LogP contribution is 2.23. The van der Waals surface area contributed by atoms with Crippen LogP contribution in [0, 0.1) is 28.4 Å². The summed E-state index contributed by atoms with van der Waals surface area (Å²) in [6.07, 6.45) is 0. The smallest absolute Gasteiger partial charge is 0.239 e. The Hall–Kier alpha value is -3.27. The molecule has 0 aliphatic heterocycles. The first-order valence-electron chi connectivity index (χ1n) is 7.32. The number of halogens is 2. The molecule has 0 aliphatic rings. The van der Waals surface area contributed by atoms with Crippen molar-refractivity contribution in [3.8, 4) is 6.07 Å². The Labute approximate surface area is 143 Å². The molecule has 2 N–H and O–H groups in total. The van der Waals surface area contributed by atoms with Crippen LogP contribution in [0.3, 0.4) is 0 Å². The van der Waals surface area contributed by atoms with Crippen LogP contribution >= 0.6 is 0 Å². The van der Waals surface area contributed by atoms with E-state index in [2.05, 4.69) is 10.6 Å². The summed E-state index contributed by atoms with van der Waals surface area (Å²) >= 11 is 0. The van der Waals surface area contributed by atoms with Crippen molar-refractivity contribution in [2.45, 2.75) is 13.8 Å². The predicted molar refractivity (Wildman–Crippen MR) is 88.6 cm³/mol. The van der Waals surface area contributed by atoms with Crippen LogP contribution in [0.4, 0.5) is 20.2 Å². The third kappa shape index (κ3) is 4.18. The summed E-state index contributed by atoms with van der Waals surface area (Å²) in [6.45, 7) is 2.74. The van der Waals surface area contributed by atoms with Gasteiger partial charge in [-0.2, -0.15) is 5.26 Å². The Kier molecular flexibility index (Phi) is 5.13. The van der Waals surface area contributed by atoms with Gasteiger partial charge in [0.05, 0.1) is 17.3 Å². The molecule has 2 aromatic rings. The van der Waals surface area contributed by atoms with Gasteiger partial charge in [0.15, 0.2) is 0 Å². The molecule has 0 bridgehead atoms. The molecule has 0 spiro atoms. The van der Waals surface area contributed by atoms with E-state index in [1.54, 1.807) is 18.2 Å². The number of carbonyl (C=O) groups is 2. The van der Waals surface area contributed by atoms with Gasteiger partial charge in [-0.15, -0.1) is 0 Å². The summed E-state index contributed by atoms with van der Waals surface area (Å²) in [5.74, 6) is -3.11. The summed E-state index contributed by atoms with van der Waals surface area (Å²) in [4.78, 5) is 24.7. The normalized spacial score (nSPS) is 10.7. The molecule has 0 aromatic heterocycles. The van der Waals surface area contributed by atoms with Crippen molar-refractivity contribution in [3.63, 3.8) is 0 Å². The highest BCUT2D eigenvalue weighted by Gasteiger charge is 2.36. The van der Waals surface area contributed by atoms with Crippen LogP contribution in [0.5, 0.6) is 0 Å². The second-order valence-corrected chi connectivity index (χ2v) is 5.85. The van der Waals surface area contributed by atoms with Gasteiger partial charge in [-0.3, -0.25) is 9.59 Å². The number of hydrogen-bond acceptors (Lipinski definition) is 3. The maximum Gasteiger partial charge on any atom is 0.239 e. The van der Waals surface area contributed by atoms with Crippen molar-refractivity contribution in [2.75, 3.05) is 10.6 Å². The summed E-state index contributed by atoms with van der Waals surface area (Å²) in [6, 6.07) is 10.9. The zero-order valence-corrected chi connectivity index (χ0v) is 13.6. The van der Waals surface area contributed by atoms with E-state index in [1.807, 2.05) is 6.07 Å². The van der Waals surface area contributed by atoms with Crippen LogP contribution in [-0.4, -0.2) is 11.8 Å². The van der Waals surface area contributed by atoms with E-state index in [0.717, 1.165) is 12.1 Å². The van der Waals surface area contributed by atoms with Crippen molar-refractivity contribution in [1.29, 1.82) is 5.26 Å². The van der Waals surface area contributed by atoms with Crippen molar-refractivity contribution in [1.82, 2.24) is 0 Å². The minimum Gasteiger partial charge on any atom is -0.325 e. The van der Waals surface area contributed by atoms with Crippen LogP contribution in [0.25, 0.3) is 0 Å². The number of amides is 2. The molecule has 128 valence electrons. The van der Waals surface area contributed by atoms with Crippen molar-refractivity contribution in [3.05, 3.63) is 59.7 Å². The third-order valence-corrected chi connectivity index (χ3v) is 3.56. The number of rotatable bonds is 4. The van der Waals surface area contributed by atoms with E-state index < -0.39 is 28.9 Å². The maximum absolute atomic E-state index is 13.6. The molecule has 0 aliphatic carbocycles. The van der Waals surface area contributed by atoms with Crippen LogP contribution in [0.15, 0.2) is 42.5 Å². The second-order valence-electron chi connectivity index (χ2n) is 5.85. The van der Waals surface area contributed by atoms with E-state index >= 15 is 0 Å². The molecule has 0 radical (unpaired) electrons. The van der Waals surface area contributed by atoms with Crippen LogP contribution in [0.1, 0.15) is 19.4 Å². The minimum atomic E-state index is -1.54. The number of nitrogens with one attached hydrogen (secondary N) is 2. The maximum atomic E-state index is 13.6. The summed E-state index contributed by atoms with van der Waals surface area (Å²) in [7, 11) is 0. The van der Waals surface area contributed by atoms with Gasteiger partial charge in [-0.05, 0) is 44.2 Å². The zero-order chi connectivity index (χ0) is 18.6. The lowest BCUT2D eigenvalue weighted by atomic mass is 9.90. The average molecular weight is 343 g/mol.